The van der Waals surface area contributed by atoms with E-state index in [2.05, 4.69) is 44.5 Å². The van der Waals surface area contributed by atoms with Crippen molar-refractivity contribution in [3.63, 3.8) is 0 Å². The highest BCUT2D eigenvalue weighted by atomic mass is 32.1. The van der Waals surface area contributed by atoms with Crippen LogP contribution in [0.3, 0.4) is 0 Å². The lowest BCUT2D eigenvalue weighted by molar-refractivity contribution is -0.163. The Kier molecular flexibility index (Phi) is 6.33. The van der Waals surface area contributed by atoms with Crippen LogP contribution in [0.25, 0.3) is 0 Å². The highest BCUT2D eigenvalue weighted by Crippen LogP contribution is 2.59. The number of nitriles is 1. The van der Waals surface area contributed by atoms with Gasteiger partial charge in [0.1, 0.15) is 13.2 Å². The van der Waals surface area contributed by atoms with Gasteiger partial charge in [-0.2, -0.15) is 5.26 Å². The van der Waals surface area contributed by atoms with Gasteiger partial charge >= 0.3 is 0 Å². The van der Waals surface area contributed by atoms with Crippen LogP contribution in [-0.4, -0.2) is 51.6 Å². The van der Waals surface area contributed by atoms with Gasteiger partial charge < -0.3 is 19.3 Å². The Bertz CT molecular complexity index is 1020. The molecule has 1 aromatic rings. The van der Waals surface area contributed by atoms with Crippen molar-refractivity contribution in [3.05, 3.63) is 49.1 Å². The first-order valence-corrected chi connectivity index (χ1v) is 11.0. The fourth-order valence-corrected chi connectivity index (χ4v) is 5.22. The lowest BCUT2D eigenvalue weighted by Crippen LogP contribution is -2.69. The number of hydrogen-bond donors (Lipinski definition) is 2. The average molecular weight is 474 g/mol. The van der Waals surface area contributed by atoms with E-state index in [-0.39, 0.29) is 25.5 Å². The summed E-state index contributed by atoms with van der Waals surface area (Å²) in [7, 11) is 1.52. The van der Waals surface area contributed by atoms with Crippen molar-refractivity contribution in [1.29, 1.82) is 5.26 Å². The Morgan fingerprint density at radius 1 is 1.16 bits per heavy atom. The highest BCUT2D eigenvalue weighted by molar-refractivity contribution is 7.83. The van der Waals surface area contributed by atoms with Gasteiger partial charge in [0.15, 0.2) is 21.2 Å². The standard InChI is InChI=1S/C23H27N3O4S2/c1-6-10-29-16-9-8-15(12-17(16)30-11-7-2)18-21(3,14-24)13-23(32)20(28)25(5)22(4,31)19(27)26(18)23/h6-9,12,18,31-32H,1-2,10-11,13H2,3-5H3. The normalized spacial score (nSPS) is 31.7. The number of ether oxygens (including phenoxy) is 2. The molecule has 0 bridgehead atoms. The molecule has 1 aromatic carbocycles. The molecule has 0 N–H and O–H groups in total. The van der Waals surface area contributed by atoms with Gasteiger partial charge in [0.25, 0.3) is 11.8 Å². The second-order valence-electron chi connectivity index (χ2n) is 8.39. The minimum Gasteiger partial charge on any atom is -0.486 e. The van der Waals surface area contributed by atoms with Gasteiger partial charge in [-0.3, -0.25) is 9.59 Å². The zero-order valence-electron chi connectivity index (χ0n) is 18.4. The molecule has 0 aromatic heterocycles. The number of hydrogen-bond acceptors (Lipinski definition) is 7. The van der Waals surface area contributed by atoms with E-state index in [0.29, 0.717) is 17.1 Å². The molecule has 2 amide bonds. The molecule has 2 aliphatic rings. The first kappa shape index (κ1) is 24.1. The van der Waals surface area contributed by atoms with E-state index in [1.165, 1.54) is 16.8 Å². The fraction of sp³-hybridized carbons (Fsp3) is 0.435. The van der Waals surface area contributed by atoms with E-state index in [9.17, 15) is 14.9 Å². The molecule has 4 unspecified atom stereocenters. The Balaban J connectivity index is 2.17. The van der Waals surface area contributed by atoms with Gasteiger partial charge in [0.05, 0.1) is 17.5 Å². The number of carbonyl (C=O) groups excluding carboxylic acids is 2. The first-order valence-electron chi connectivity index (χ1n) is 10.1. The van der Waals surface area contributed by atoms with Crippen molar-refractivity contribution in [3.8, 4) is 17.6 Å². The maximum absolute atomic E-state index is 13.6. The van der Waals surface area contributed by atoms with Crippen LogP contribution in [0, 0.1) is 16.7 Å². The second kappa shape index (κ2) is 8.41. The van der Waals surface area contributed by atoms with E-state index in [1.807, 2.05) is 0 Å². The Morgan fingerprint density at radius 2 is 1.75 bits per heavy atom. The maximum atomic E-state index is 13.6. The quantitative estimate of drug-likeness (QED) is 0.469. The molecule has 170 valence electrons. The van der Waals surface area contributed by atoms with E-state index in [4.69, 9.17) is 9.47 Å². The summed E-state index contributed by atoms with van der Waals surface area (Å²) >= 11 is 9.15. The molecular weight excluding hydrogens is 446 g/mol. The molecule has 0 radical (unpaired) electrons. The lowest BCUT2D eigenvalue weighted by Gasteiger charge is -2.50. The van der Waals surface area contributed by atoms with E-state index in [0.717, 1.165) is 0 Å². The number of amides is 2. The molecule has 4 atom stereocenters. The summed E-state index contributed by atoms with van der Waals surface area (Å²) in [5.74, 6) is 0.144. The highest BCUT2D eigenvalue weighted by Gasteiger charge is 2.68. The maximum Gasteiger partial charge on any atom is 0.260 e. The third kappa shape index (κ3) is 3.55. The molecule has 3 rings (SSSR count). The molecule has 2 fully saturated rings. The van der Waals surface area contributed by atoms with Crippen LogP contribution in [0.1, 0.15) is 31.9 Å². The number of carbonyl (C=O) groups is 2. The van der Waals surface area contributed by atoms with Crippen molar-refractivity contribution in [2.24, 2.45) is 5.41 Å². The van der Waals surface area contributed by atoms with Crippen LogP contribution < -0.4 is 9.47 Å². The number of thiol groups is 2. The van der Waals surface area contributed by atoms with Gasteiger partial charge in [0.2, 0.25) is 0 Å². The van der Waals surface area contributed by atoms with Crippen LogP contribution in [0.4, 0.5) is 0 Å². The van der Waals surface area contributed by atoms with Gasteiger partial charge in [-0.05, 0) is 31.5 Å². The number of likely N-dealkylation sites (N-methyl/N-ethyl adjacent to an activating group) is 1. The largest absolute Gasteiger partial charge is 0.486 e. The van der Waals surface area contributed by atoms with Crippen LogP contribution in [0.15, 0.2) is 43.5 Å². The zero-order chi connectivity index (χ0) is 23.9. The molecule has 7 nitrogen and oxygen atoms in total. The second-order valence-corrected chi connectivity index (χ2v) is 10.0. The van der Waals surface area contributed by atoms with Crippen LogP contribution >= 0.6 is 25.3 Å². The SMILES string of the molecule is C=CCOc1ccc(C2N3C(=O)C(C)(S)N(C)C(=O)C3(S)CC2(C)C#N)cc1OCC=C. The van der Waals surface area contributed by atoms with E-state index in [1.54, 1.807) is 44.2 Å². The van der Waals surface area contributed by atoms with Gasteiger partial charge in [-0.1, -0.05) is 31.4 Å². The van der Waals surface area contributed by atoms with Crippen molar-refractivity contribution in [1.82, 2.24) is 9.80 Å². The minimum absolute atomic E-state index is 0.0701. The molecule has 0 saturated carbocycles. The Morgan fingerprint density at radius 3 is 2.31 bits per heavy atom. The summed E-state index contributed by atoms with van der Waals surface area (Å²) in [4.78, 5) is 26.7. The molecule has 2 saturated heterocycles. The third-order valence-corrected chi connectivity index (χ3v) is 7.11. The number of rotatable bonds is 7. The predicted octanol–water partition coefficient (Wildman–Crippen LogP) is 3.36. The van der Waals surface area contributed by atoms with Crippen molar-refractivity contribution < 1.29 is 19.1 Å². The summed E-state index contributed by atoms with van der Waals surface area (Å²) in [5, 5.41) is 10.1. The van der Waals surface area contributed by atoms with Gasteiger partial charge in [-0.15, -0.1) is 25.3 Å². The number of nitrogens with zero attached hydrogens (tertiary/aromatic N) is 3. The van der Waals surface area contributed by atoms with Gasteiger partial charge in [-0.25, -0.2) is 0 Å². The van der Waals surface area contributed by atoms with Crippen molar-refractivity contribution in [2.75, 3.05) is 20.3 Å². The van der Waals surface area contributed by atoms with Gasteiger partial charge in [0, 0.05) is 13.5 Å². The topological polar surface area (TPSA) is 82.9 Å². The molecule has 9 heteroatoms. The summed E-state index contributed by atoms with van der Waals surface area (Å²) in [5.41, 5.74) is -0.453. The molecule has 0 spiro atoms. The van der Waals surface area contributed by atoms with Crippen LogP contribution in [-0.2, 0) is 9.59 Å². The number of fused-ring (bicyclic) bond motifs is 1. The van der Waals surface area contributed by atoms with Crippen molar-refractivity contribution >= 4 is 37.1 Å². The monoisotopic (exact) mass is 473 g/mol. The molecular formula is C23H27N3O4S2. The number of piperazine rings is 1. The Hall–Kier alpha value is -2.57. The first-order chi connectivity index (χ1) is 15.0. The summed E-state index contributed by atoms with van der Waals surface area (Å²) in [6, 6.07) is 6.79. The van der Waals surface area contributed by atoms with Crippen molar-refractivity contribution in [2.45, 2.75) is 36.1 Å². The lowest BCUT2D eigenvalue weighted by atomic mass is 9.79. The minimum atomic E-state index is -1.47. The van der Waals surface area contributed by atoms with E-state index >= 15 is 0 Å². The average Bonchev–Trinajstić information content (AvgIpc) is 3.02. The van der Waals surface area contributed by atoms with Crippen LogP contribution in [0.5, 0.6) is 11.5 Å². The smallest absolute Gasteiger partial charge is 0.260 e. The summed E-state index contributed by atoms with van der Waals surface area (Å²) in [6.45, 7) is 11.1. The predicted molar refractivity (Wildman–Crippen MR) is 128 cm³/mol. The molecule has 2 aliphatic heterocycles. The Labute approximate surface area is 199 Å². The summed E-state index contributed by atoms with van der Waals surface area (Å²) < 4.78 is 11.5. The third-order valence-electron chi connectivity index (χ3n) is 6.05. The molecule has 0 aliphatic carbocycles. The fourth-order valence-electron chi connectivity index (χ4n) is 4.34. The number of benzene rings is 1. The zero-order valence-corrected chi connectivity index (χ0v) is 20.2. The van der Waals surface area contributed by atoms with E-state index < -0.39 is 27.1 Å². The van der Waals surface area contributed by atoms with Crippen LogP contribution in [0.2, 0.25) is 0 Å². The summed E-state index contributed by atoms with van der Waals surface area (Å²) in [6.07, 6.45) is 3.29. The molecule has 32 heavy (non-hydrogen) atoms. The molecule has 2 heterocycles.